The molecule has 1 aromatic carbocycles. The first-order chi connectivity index (χ1) is 9.75. The minimum absolute atomic E-state index is 0.108. The summed E-state index contributed by atoms with van der Waals surface area (Å²) in [6.45, 7) is 3.12. The molecule has 2 unspecified atom stereocenters. The zero-order chi connectivity index (χ0) is 13.9. The van der Waals surface area contributed by atoms with Crippen molar-refractivity contribution in [2.45, 2.75) is 24.8 Å². The molecule has 0 saturated carbocycles. The highest BCUT2D eigenvalue weighted by Crippen LogP contribution is 2.35. The third-order valence-corrected chi connectivity index (χ3v) is 4.60. The third-order valence-electron chi connectivity index (χ3n) is 4.60. The second-order valence-electron chi connectivity index (χ2n) is 5.76. The number of carbonyl (C=O) groups is 1. The van der Waals surface area contributed by atoms with Crippen LogP contribution in [-0.4, -0.2) is 48.3 Å². The quantitative estimate of drug-likeness (QED) is 0.916. The molecule has 0 amide bonds. The molecule has 0 radical (unpaired) electrons. The lowest BCUT2D eigenvalue weighted by atomic mass is 9.89. The molecule has 20 heavy (non-hydrogen) atoms. The van der Waals surface area contributed by atoms with Gasteiger partial charge >= 0.3 is 5.97 Å². The van der Waals surface area contributed by atoms with Crippen LogP contribution in [0.15, 0.2) is 30.3 Å². The monoisotopic (exact) mass is 275 g/mol. The minimum atomic E-state index is -0.673. The SMILES string of the molecule is O=C(O)C1CN(C2CCOCC2)CC1c1ccccc1. The topological polar surface area (TPSA) is 49.8 Å². The fourth-order valence-electron chi connectivity index (χ4n) is 3.47. The predicted octanol–water partition coefficient (Wildman–Crippen LogP) is 1.97. The third kappa shape index (κ3) is 2.72. The summed E-state index contributed by atoms with van der Waals surface area (Å²) in [5.74, 6) is -0.856. The van der Waals surface area contributed by atoms with Crippen LogP contribution in [0.1, 0.15) is 24.3 Å². The van der Waals surface area contributed by atoms with E-state index in [1.165, 1.54) is 0 Å². The highest BCUT2D eigenvalue weighted by Gasteiger charge is 2.41. The number of aliphatic carboxylic acids is 1. The average molecular weight is 275 g/mol. The molecule has 2 saturated heterocycles. The Bertz CT molecular complexity index is 456. The number of hydrogen-bond acceptors (Lipinski definition) is 3. The van der Waals surface area contributed by atoms with Crippen molar-refractivity contribution in [1.82, 2.24) is 4.90 Å². The Balaban J connectivity index is 1.77. The molecule has 2 heterocycles. The molecule has 2 aliphatic heterocycles. The van der Waals surface area contributed by atoms with E-state index in [1.54, 1.807) is 0 Å². The van der Waals surface area contributed by atoms with Gasteiger partial charge in [0, 0.05) is 38.3 Å². The fourth-order valence-corrected chi connectivity index (χ4v) is 3.47. The molecule has 0 aromatic heterocycles. The largest absolute Gasteiger partial charge is 0.481 e. The lowest BCUT2D eigenvalue weighted by Gasteiger charge is -2.31. The molecule has 0 bridgehead atoms. The normalized spacial score (nSPS) is 28.6. The number of ether oxygens (including phenoxy) is 1. The van der Waals surface area contributed by atoms with Crippen molar-refractivity contribution in [1.29, 1.82) is 0 Å². The molecular formula is C16H21NO3. The molecule has 1 N–H and O–H groups in total. The smallest absolute Gasteiger partial charge is 0.308 e. The number of hydrogen-bond donors (Lipinski definition) is 1. The van der Waals surface area contributed by atoms with E-state index in [0.717, 1.165) is 38.2 Å². The van der Waals surface area contributed by atoms with E-state index in [9.17, 15) is 9.90 Å². The first-order valence-corrected chi connectivity index (χ1v) is 7.35. The van der Waals surface area contributed by atoms with Crippen LogP contribution >= 0.6 is 0 Å². The van der Waals surface area contributed by atoms with Crippen molar-refractivity contribution in [2.24, 2.45) is 5.92 Å². The van der Waals surface area contributed by atoms with Gasteiger partial charge in [0.2, 0.25) is 0 Å². The van der Waals surface area contributed by atoms with E-state index >= 15 is 0 Å². The molecule has 0 aliphatic carbocycles. The van der Waals surface area contributed by atoms with E-state index in [2.05, 4.69) is 4.90 Å². The van der Waals surface area contributed by atoms with Gasteiger partial charge in [-0.3, -0.25) is 9.69 Å². The summed E-state index contributed by atoms with van der Waals surface area (Å²) in [4.78, 5) is 13.9. The molecule has 2 atom stereocenters. The second-order valence-corrected chi connectivity index (χ2v) is 5.76. The summed E-state index contributed by atoms with van der Waals surface area (Å²) in [6.07, 6.45) is 2.04. The molecule has 1 aromatic rings. The summed E-state index contributed by atoms with van der Waals surface area (Å²) in [5.41, 5.74) is 1.15. The zero-order valence-corrected chi connectivity index (χ0v) is 11.6. The Morgan fingerprint density at radius 1 is 1.15 bits per heavy atom. The van der Waals surface area contributed by atoms with E-state index in [0.29, 0.717) is 12.6 Å². The second kappa shape index (κ2) is 5.94. The maximum Gasteiger partial charge on any atom is 0.308 e. The molecule has 4 heteroatoms. The molecule has 2 aliphatic rings. The van der Waals surface area contributed by atoms with Crippen molar-refractivity contribution in [2.75, 3.05) is 26.3 Å². The van der Waals surface area contributed by atoms with E-state index < -0.39 is 5.97 Å². The Kier molecular flexibility index (Phi) is 4.03. The highest BCUT2D eigenvalue weighted by atomic mass is 16.5. The Labute approximate surface area is 119 Å². The minimum Gasteiger partial charge on any atom is -0.481 e. The van der Waals surface area contributed by atoms with Crippen molar-refractivity contribution in [3.63, 3.8) is 0 Å². The number of carboxylic acids is 1. The van der Waals surface area contributed by atoms with Gasteiger partial charge in [-0.15, -0.1) is 0 Å². The van der Waals surface area contributed by atoms with Gasteiger partial charge in [0.25, 0.3) is 0 Å². The highest BCUT2D eigenvalue weighted by molar-refractivity contribution is 5.72. The molecule has 2 fully saturated rings. The van der Waals surface area contributed by atoms with Crippen molar-refractivity contribution in [3.05, 3.63) is 35.9 Å². The van der Waals surface area contributed by atoms with Crippen molar-refractivity contribution >= 4 is 5.97 Å². The van der Waals surface area contributed by atoms with Gasteiger partial charge in [0.15, 0.2) is 0 Å². The first kappa shape index (κ1) is 13.6. The first-order valence-electron chi connectivity index (χ1n) is 7.35. The predicted molar refractivity (Wildman–Crippen MR) is 75.7 cm³/mol. The van der Waals surface area contributed by atoms with Gasteiger partial charge in [-0.05, 0) is 18.4 Å². The van der Waals surface area contributed by atoms with E-state index in [1.807, 2.05) is 30.3 Å². The maximum absolute atomic E-state index is 11.6. The number of likely N-dealkylation sites (tertiary alicyclic amines) is 1. The van der Waals surface area contributed by atoms with Crippen LogP contribution in [0.3, 0.4) is 0 Å². The Morgan fingerprint density at radius 2 is 1.85 bits per heavy atom. The number of carboxylic acid groups (broad SMARTS) is 1. The van der Waals surface area contributed by atoms with Gasteiger partial charge < -0.3 is 9.84 Å². The van der Waals surface area contributed by atoms with Gasteiger partial charge in [-0.2, -0.15) is 0 Å². The van der Waals surface area contributed by atoms with Crippen molar-refractivity contribution < 1.29 is 14.6 Å². The van der Waals surface area contributed by atoms with Crippen LogP contribution in [0.4, 0.5) is 0 Å². The number of rotatable bonds is 3. The number of nitrogens with zero attached hydrogens (tertiary/aromatic N) is 1. The standard InChI is InChI=1S/C16H21NO3/c18-16(19)15-11-17(13-6-8-20-9-7-13)10-14(15)12-4-2-1-3-5-12/h1-5,13-15H,6-11H2,(H,18,19). The molecule has 4 nitrogen and oxygen atoms in total. The lowest BCUT2D eigenvalue weighted by molar-refractivity contribution is -0.141. The summed E-state index contributed by atoms with van der Waals surface area (Å²) < 4.78 is 5.40. The zero-order valence-electron chi connectivity index (χ0n) is 11.6. The van der Waals surface area contributed by atoms with Gasteiger partial charge in [-0.25, -0.2) is 0 Å². The molecule has 3 rings (SSSR count). The Hall–Kier alpha value is -1.39. The van der Waals surface area contributed by atoms with Crippen LogP contribution < -0.4 is 0 Å². The molecule has 0 spiro atoms. The summed E-state index contributed by atoms with van der Waals surface area (Å²) in [5, 5.41) is 9.51. The molecule has 108 valence electrons. The summed E-state index contributed by atoms with van der Waals surface area (Å²) in [6, 6.07) is 10.5. The van der Waals surface area contributed by atoms with Crippen LogP contribution in [0, 0.1) is 5.92 Å². The van der Waals surface area contributed by atoms with Crippen LogP contribution in [0.2, 0.25) is 0 Å². The van der Waals surface area contributed by atoms with Crippen LogP contribution in [0.25, 0.3) is 0 Å². The van der Waals surface area contributed by atoms with E-state index in [-0.39, 0.29) is 11.8 Å². The van der Waals surface area contributed by atoms with Gasteiger partial charge in [0.05, 0.1) is 5.92 Å². The summed E-state index contributed by atoms with van der Waals surface area (Å²) in [7, 11) is 0. The summed E-state index contributed by atoms with van der Waals surface area (Å²) >= 11 is 0. The van der Waals surface area contributed by atoms with Gasteiger partial charge in [0.1, 0.15) is 0 Å². The maximum atomic E-state index is 11.6. The number of benzene rings is 1. The lowest BCUT2D eigenvalue weighted by Crippen LogP contribution is -2.38. The van der Waals surface area contributed by atoms with E-state index in [4.69, 9.17) is 4.74 Å². The fraction of sp³-hybridized carbons (Fsp3) is 0.562. The molecular weight excluding hydrogens is 254 g/mol. The van der Waals surface area contributed by atoms with Gasteiger partial charge in [-0.1, -0.05) is 30.3 Å². The average Bonchev–Trinajstić information content (AvgIpc) is 2.94. The van der Waals surface area contributed by atoms with Crippen LogP contribution in [0.5, 0.6) is 0 Å². The Morgan fingerprint density at radius 3 is 2.50 bits per heavy atom. The van der Waals surface area contributed by atoms with Crippen molar-refractivity contribution in [3.8, 4) is 0 Å². The van der Waals surface area contributed by atoms with Crippen LogP contribution in [-0.2, 0) is 9.53 Å².